The largest absolute Gasteiger partial charge is 0.352 e. The van der Waals surface area contributed by atoms with Crippen molar-refractivity contribution in [1.82, 2.24) is 20.2 Å². The molecule has 1 aliphatic rings. The Kier molecular flexibility index (Phi) is 5.44. The van der Waals surface area contributed by atoms with E-state index in [4.69, 9.17) is 12.2 Å². The fourth-order valence-corrected chi connectivity index (χ4v) is 3.93. The summed E-state index contributed by atoms with van der Waals surface area (Å²) in [5, 5.41) is 2.97. The normalized spacial score (nSPS) is 14.9. The van der Waals surface area contributed by atoms with E-state index in [1.54, 1.807) is 4.90 Å². The fourth-order valence-electron chi connectivity index (χ4n) is 3.72. The summed E-state index contributed by atoms with van der Waals surface area (Å²) in [4.78, 5) is 32.8. The molecule has 3 N–H and O–H groups in total. The number of imidazole rings is 1. The van der Waals surface area contributed by atoms with Gasteiger partial charge in [0.05, 0.1) is 16.6 Å². The molecule has 2 heterocycles. The van der Waals surface area contributed by atoms with Crippen LogP contribution in [0, 0.1) is 16.5 Å². The topological polar surface area (TPSA) is 81.0 Å². The number of halogens is 1. The Morgan fingerprint density at radius 3 is 2.59 bits per heavy atom. The van der Waals surface area contributed by atoms with Crippen molar-refractivity contribution in [3.63, 3.8) is 0 Å². The van der Waals surface area contributed by atoms with Gasteiger partial charge in [-0.2, -0.15) is 0 Å². The third kappa shape index (κ3) is 4.22. The van der Waals surface area contributed by atoms with Crippen LogP contribution in [0.25, 0.3) is 11.0 Å². The number of carbonyl (C=O) groups excluding carboxylic acids is 2. The van der Waals surface area contributed by atoms with Crippen molar-refractivity contribution in [2.24, 2.45) is 5.92 Å². The number of rotatable bonds is 4. The van der Waals surface area contributed by atoms with Crippen molar-refractivity contribution in [3.8, 4) is 0 Å². The molecule has 3 aromatic rings. The first-order chi connectivity index (χ1) is 14.0. The second kappa shape index (κ2) is 8.16. The van der Waals surface area contributed by atoms with Crippen LogP contribution >= 0.6 is 12.2 Å². The number of nitrogens with zero attached hydrogens (tertiary/aromatic N) is 1. The Balaban J connectivity index is 1.39. The van der Waals surface area contributed by atoms with Crippen molar-refractivity contribution >= 4 is 35.1 Å². The highest BCUT2D eigenvalue weighted by Gasteiger charge is 2.29. The number of carbonyl (C=O) groups is 2. The molecule has 0 bridgehead atoms. The maximum atomic E-state index is 13.9. The number of fused-ring (bicyclic) bond motifs is 1. The summed E-state index contributed by atoms with van der Waals surface area (Å²) >= 11 is 5.06. The van der Waals surface area contributed by atoms with Crippen LogP contribution in [0.3, 0.4) is 0 Å². The first kappa shape index (κ1) is 19.3. The molecule has 0 spiro atoms. The van der Waals surface area contributed by atoms with Gasteiger partial charge in [-0.1, -0.05) is 30.3 Å². The number of H-pyrrole nitrogens is 2. The second-order valence-corrected chi connectivity index (χ2v) is 7.63. The minimum Gasteiger partial charge on any atom is -0.352 e. The van der Waals surface area contributed by atoms with Gasteiger partial charge in [-0.05, 0) is 42.8 Å². The highest BCUT2D eigenvalue weighted by atomic mass is 32.1. The maximum Gasteiger partial charge on any atom is 0.256 e. The van der Waals surface area contributed by atoms with Crippen molar-refractivity contribution < 1.29 is 14.0 Å². The Morgan fingerprint density at radius 1 is 1.14 bits per heavy atom. The SMILES string of the molecule is O=C(NCc1ccccc1)C1CCN(C(=O)c2cc(F)cc3[nH]c(=S)[nH]c23)CC1. The highest BCUT2D eigenvalue weighted by molar-refractivity contribution is 7.71. The minimum absolute atomic E-state index is 0.00353. The predicted molar refractivity (Wildman–Crippen MR) is 110 cm³/mol. The number of benzene rings is 2. The molecule has 0 unspecified atom stereocenters. The summed E-state index contributed by atoms with van der Waals surface area (Å²) < 4.78 is 14.3. The Hall–Kier alpha value is -3.00. The van der Waals surface area contributed by atoms with E-state index in [1.165, 1.54) is 12.1 Å². The highest BCUT2D eigenvalue weighted by Crippen LogP contribution is 2.23. The van der Waals surface area contributed by atoms with Gasteiger partial charge < -0.3 is 20.2 Å². The molecule has 29 heavy (non-hydrogen) atoms. The van der Waals surface area contributed by atoms with Gasteiger partial charge in [-0.15, -0.1) is 0 Å². The summed E-state index contributed by atoms with van der Waals surface area (Å²) in [5.41, 5.74) is 2.27. The van der Waals surface area contributed by atoms with Gasteiger partial charge in [-0.25, -0.2) is 4.39 Å². The molecule has 2 aromatic carbocycles. The summed E-state index contributed by atoms with van der Waals surface area (Å²) in [5.74, 6) is -0.888. The average molecular weight is 412 g/mol. The molecule has 0 saturated carbocycles. The zero-order valence-electron chi connectivity index (χ0n) is 15.7. The van der Waals surface area contributed by atoms with Crippen LogP contribution in [0.2, 0.25) is 0 Å². The van der Waals surface area contributed by atoms with E-state index in [-0.39, 0.29) is 23.3 Å². The Bertz CT molecular complexity index is 1100. The molecule has 1 aromatic heterocycles. The van der Waals surface area contributed by atoms with Crippen LogP contribution in [-0.2, 0) is 11.3 Å². The van der Waals surface area contributed by atoms with Crippen molar-refractivity contribution in [1.29, 1.82) is 0 Å². The van der Waals surface area contributed by atoms with E-state index in [1.807, 2.05) is 30.3 Å². The quantitative estimate of drug-likeness (QED) is 0.574. The van der Waals surface area contributed by atoms with Crippen molar-refractivity contribution in [2.45, 2.75) is 19.4 Å². The molecule has 150 valence electrons. The molecule has 4 rings (SSSR count). The van der Waals surface area contributed by atoms with Gasteiger partial charge >= 0.3 is 0 Å². The van der Waals surface area contributed by atoms with E-state index in [9.17, 15) is 14.0 Å². The first-order valence-electron chi connectivity index (χ1n) is 9.54. The lowest BCUT2D eigenvalue weighted by Crippen LogP contribution is -2.43. The summed E-state index contributed by atoms with van der Waals surface area (Å²) in [6.07, 6.45) is 1.15. The van der Waals surface area contributed by atoms with E-state index < -0.39 is 5.82 Å². The van der Waals surface area contributed by atoms with E-state index in [2.05, 4.69) is 15.3 Å². The van der Waals surface area contributed by atoms with Gasteiger partial charge in [0.25, 0.3) is 5.91 Å². The second-order valence-electron chi connectivity index (χ2n) is 7.22. The van der Waals surface area contributed by atoms with Crippen LogP contribution < -0.4 is 5.32 Å². The summed E-state index contributed by atoms with van der Waals surface area (Å²) in [7, 11) is 0. The monoisotopic (exact) mass is 412 g/mol. The van der Waals surface area contributed by atoms with Gasteiger partial charge in [0, 0.05) is 25.6 Å². The Labute approximate surface area is 172 Å². The molecule has 0 atom stereocenters. The molecular weight excluding hydrogens is 391 g/mol. The van der Waals surface area contributed by atoms with Gasteiger partial charge in [0.15, 0.2) is 4.77 Å². The molecule has 0 aliphatic carbocycles. The molecule has 1 saturated heterocycles. The number of aromatic amines is 2. The smallest absolute Gasteiger partial charge is 0.256 e. The Morgan fingerprint density at radius 2 is 1.86 bits per heavy atom. The fraction of sp³-hybridized carbons (Fsp3) is 0.286. The van der Waals surface area contributed by atoms with Crippen LogP contribution in [0.15, 0.2) is 42.5 Å². The number of nitrogens with one attached hydrogen (secondary N) is 3. The van der Waals surface area contributed by atoms with Crippen molar-refractivity contribution in [2.75, 3.05) is 13.1 Å². The predicted octanol–water partition coefficient (Wildman–Crippen LogP) is 3.53. The van der Waals surface area contributed by atoms with E-state index in [0.717, 1.165) is 5.56 Å². The lowest BCUT2D eigenvalue weighted by atomic mass is 9.95. The van der Waals surface area contributed by atoms with Crippen LogP contribution in [0.4, 0.5) is 4.39 Å². The summed E-state index contributed by atoms with van der Waals surface area (Å²) in [6.45, 7) is 1.39. The molecule has 2 amide bonds. The molecular formula is C21H21FN4O2S. The van der Waals surface area contributed by atoms with Gasteiger partial charge in [0.1, 0.15) is 5.82 Å². The van der Waals surface area contributed by atoms with Crippen molar-refractivity contribution in [3.05, 3.63) is 64.2 Å². The molecule has 8 heteroatoms. The van der Waals surface area contributed by atoms with E-state index >= 15 is 0 Å². The number of hydrogen-bond donors (Lipinski definition) is 3. The zero-order chi connectivity index (χ0) is 20.4. The van der Waals surface area contributed by atoms with E-state index in [0.29, 0.717) is 48.3 Å². The zero-order valence-corrected chi connectivity index (χ0v) is 16.5. The third-order valence-corrected chi connectivity index (χ3v) is 5.49. The summed E-state index contributed by atoms with van der Waals surface area (Å²) in [6, 6.07) is 12.3. The van der Waals surface area contributed by atoms with Gasteiger partial charge in [-0.3, -0.25) is 9.59 Å². The lowest BCUT2D eigenvalue weighted by molar-refractivity contribution is -0.126. The molecule has 0 radical (unpaired) electrons. The first-order valence-corrected chi connectivity index (χ1v) is 9.94. The number of amides is 2. The molecule has 6 nitrogen and oxygen atoms in total. The van der Waals surface area contributed by atoms with Crippen LogP contribution in [0.1, 0.15) is 28.8 Å². The minimum atomic E-state index is -0.499. The number of piperidine rings is 1. The maximum absolute atomic E-state index is 13.9. The standard InChI is InChI=1S/C21H21FN4O2S/c22-15-10-16(18-17(11-15)24-21(29)25-18)20(28)26-8-6-14(7-9-26)19(27)23-12-13-4-2-1-3-5-13/h1-5,10-11,14H,6-9,12H2,(H,23,27)(H2,24,25,29). The van der Waals surface area contributed by atoms with Gasteiger partial charge in [0.2, 0.25) is 5.91 Å². The molecule has 1 fully saturated rings. The number of aromatic nitrogens is 2. The number of hydrogen-bond acceptors (Lipinski definition) is 3. The average Bonchev–Trinajstić information content (AvgIpc) is 3.11. The lowest BCUT2D eigenvalue weighted by Gasteiger charge is -2.31. The molecule has 1 aliphatic heterocycles. The van der Waals surface area contributed by atoms with Crippen LogP contribution in [0.5, 0.6) is 0 Å². The third-order valence-electron chi connectivity index (χ3n) is 5.28. The van der Waals surface area contributed by atoms with Crippen LogP contribution in [-0.4, -0.2) is 39.8 Å². The number of likely N-dealkylation sites (tertiary alicyclic amines) is 1.